The first-order valence-electron chi connectivity index (χ1n) is 9.21. The van der Waals surface area contributed by atoms with E-state index in [0.717, 1.165) is 42.3 Å². The van der Waals surface area contributed by atoms with E-state index < -0.39 is 0 Å². The number of hydrogen-bond donors (Lipinski definition) is 1. The highest BCUT2D eigenvalue weighted by atomic mass is 16.2. The third kappa shape index (κ3) is 2.95. The van der Waals surface area contributed by atoms with E-state index in [4.69, 9.17) is 0 Å². The maximum atomic E-state index is 13.2. The van der Waals surface area contributed by atoms with E-state index in [0.29, 0.717) is 12.0 Å². The van der Waals surface area contributed by atoms with Crippen molar-refractivity contribution in [2.24, 2.45) is 0 Å². The lowest BCUT2D eigenvalue weighted by molar-refractivity contribution is 0.0714. The Morgan fingerprint density at radius 2 is 2.04 bits per heavy atom. The Balaban J connectivity index is 1.62. The van der Waals surface area contributed by atoms with Gasteiger partial charge in [0.2, 0.25) is 0 Å². The molecule has 2 heterocycles. The van der Waals surface area contributed by atoms with Gasteiger partial charge in [-0.1, -0.05) is 43.3 Å². The minimum atomic E-state index is 0.161. The van der Waals surface area contributed by atoms with E-state index in [9.17, 15) is 4.79 Å². The average Bonchev–Trinajstić information content (AvgIpc) is 3.31. The molecule has 1 aliphatic rings. The van der Waals surface area contributed by atoms with Gasteiger partial charge in [0.15, 0.2) is 0 Å². The number of nitrogens with zero attached hydrogens (tertiary/aromatic N) is 1. The molecule has 0 unspecified atom stereocenters. The molecule has 4 rings (SSSR count). The molecule has 1 amide bonds. The molecule has 128 valence electrons. The quantitative estimate of drug-likeness (QED) is 0.720. The van der Waals surface area contributed by atoms with E-state index in [1.165, 1.54) is 5.56 Å². The van der Waals surface area contributed by atoms with Gasteiger partial charge in [-0.05, 0) is 48.4 Å². The van der Waals surface area contributed by atoms with Crippen LogP contribution in [0.25, 0.3) is 10.9 Å². The van der Waals surface area contributed by atoms with Crippen LogP contribution in [0.4, 0.5) is 0 Å². The number of H-pyrrole nitrogens is 1. The minimum Gasteiger partial charge on any atom is -0.361 e. The van der Waals surface area contributed by atoms with Crippen LogP contribution in [-0.4, -0.2) is 28.4 Å². The minimum absolute atomic E-state index is 0.161. The fourth-order valence-electron chi connectivity index (χ4n) is 4.24. The Morgan fingerprint density at radius 1 is 1.20 bits per heavy atom. The number of aromatic nitrogens is 1. The van der Waals surface area contributed by atoms with Crippen LogP contribution in [-0.2, 0) is 0 Å². The van der Waals surface area contributed by atoms with E-state index >= 15 is 0 Å². The zero-order valence-electron chi connectivity index (χ0n) is 14.6. The number of carbonyl (C=O) groups is 1. The number of rotatable bonds is 4. The Bertz CT molecular complexity index is 868. The largest absolute Gasteiger partial charge is 0.361 e. The number of aromatic amines is 1. The molecule has 0 saturated carbocycles. The zero-order chi connectivity index (χ0) is 17.2. The number of benzene rings is 2. The topological polar surface area (TPSA) is 36.1 Å². The van der Waals surface area contributed by atoms with E-state index in [-0.39, 0.29) is 5.91 Å². The fourth-order valence-corrected chi connectivity index (χ4v) is 4.24. The monoisotopic (exact) mass is 332 g/mol. The molecule has 3 nitrogen and oxygen atoms in total. The standard InChI is InChI=1S/C22H24N2O/c1-2-19(16-7-4-3-5-8-16)21-9-6-14-24(21)22(25)18-11-10-17-12-13-23-20(17)15-18/h3-5,7-8,10-13,15,19,21,23H,2,6,9,14H2,1H3/t19-,21-/m1/s1. The van der Waals surface area contributed by atoms with Crippen LogP contribution >= 0.6 is 0 Å². The van der Waals surface area contributed by atoms with Gasteiger partial charge in [0, 0.05) is 35.8 Å². The van der Waals surface area contributed by atoms with Crippen LogP contribution in [0, 0.1) is 0 Å². The summed E-state index contributed by atoms with van der Waals surface area (Å²) < 4.78 is 0. The van der Waals surface area contributed by atoms with Crippen LogP contribution in [0.5, 0.6) is 0 Å². The lowest BCUT2D eigenvalue weighted by Crippen LogP contribution is -2.39. The van der Waals surface area contributed by atoms with Gasteiger partial charge >= 0.3 is 0 Å². The van der Waals surface area contributed by atoms with Crippen molar-refractivity contribution in [2.45, 2.75) is 38.1 Å². The molecule has 0 aliphatic carbocycles. The number of fused-ring (bicyclic) bond motifs is 1. The number of nitrogens with one attached hydrogen (secondary N) is 1. The van der Waals surface area contributed by atoms with Crippen LogP contribution in [0.2, 0.25) is 0 Å². The Labute approximate surface area is 148 Å². The number of hydrogen-bond acceptors (Lipinski definition) is 1. The molecular weight excluding hydrogens is 308 g/mol. The third-order valence-corrected chi connectivity index (χ3v) is 5.49. The second-order valence-corrected chi connectivity index (χ2v) is 6.91. The summed E-state index contributed by atoms with van der Waals surface area (Å²) in [5, 5.41) is 1.14. The first kappa shape index (κ1) is 15.9. The van der Waals surface area contributed by atoms with E-state index in [1.54, 1.807) is 0 Å². The van der Waals surface area contributed by atoms with Crippen LogP contribution in [0.1, 0.15) is 48.0 Å². The van der Waals surface area contributed by atoms with Crippen molar-refractivity contribution in [2.75, 3.05) is 6.54 Å². The maximum absolute atomic E-state index is 13.2. The summed E-state index contributed by atoms with van der Waals surface area (Å²) in [5.74, 6) is 0.565. The van der Waals surface area contributed by atoms with Gasteiger partial charge in [-0.25, -0.2) is 0 Å². The molecule has 2 atom stereocenters. The second-order valence-electron chi connectivity index (χ2n) is 6.91. The number of carbonyl (C=O) groups excluding carboxylic acids is 1. The van der Waals surface area contributed by atoms with Crippen molar-refractivity contribution in [3.05, 3.63) is 71.9 Å². The average molecular weight is 332 g/mol. The third-order valence-electron chi connectivity index (χ3n) is 5.49. The second kappa shape index (κ2) is 6.75. The van der Waals surface area contributed by atoms with Gasteiger partial charge in [0.05, 0.1) is 0 Å². The highest BCUT2D eigenvalue weighted by molar-refractivity contribution is 5.98. The molecule has 0 spiro atoms. The molecule has 0 radical (unpaired) electrons. The Kier molecular flexibility index (Phi) is 4.31. The molecule has 2 aromatic carbocycles. The van der Waals surface area contributed by atoms with Crippen molar-refractivity contribution in [3.63, 3.8) is 0 Å². The molecule has 1 fully saturated rings. The Morgan fingerprint density at radius 3 is 2.84 bits per heavy atom. The lowest BCUT2D eigenvalue weighted by atomic mass is 9.87. The van der Waals surface area contributed by atoms with Gasteiger partial charge in [0.1, 0.15) is 0 Å². The lowest BCUT2D eigenvalue weighted by Gasteiger charge is -2.31. The summed E-state index contributed by atoms with van der Waals surface area (Å²) in [6.07, 6.45) is 5.14. The molecule has 1 aromatic heterocycles. The highest BCUT2D eigenvalue weighted by Gasteiger charge is 2.35. The van der Waals surface area contributed by atoms with Crippen LogP contribution in [0.3, 0.4) is 0 Å². The molecule has 1 aliphatic heterocycles. The molecule has 3 aromatic rings. The first-order valence-corrected chi connectivity index (χ1v) is 9.21. The zero-order valence-corrected chi connectivity index (χ0v) is 14.6. The Hall–Kier alpha value is -2.55. The van der Waals surface area contributed by atoms with Crippen molar-refractivity contribution < 1.29 is 4.79 Å². The summed E-state index contributed by atoms with van der Waals surface area (Å²) >= 11 is 0. The van der Waals surface area contributed by atoms with Gasteiger partial charge in [0.25, 0.3) is 5.91 Å². The SMILES string of the molecule is CC[C@H](c1ccccc1)[C@H]1CCCN1C(=O)c1ccc2cc[nH]c2c1. The predicted molar refractivity (Wildman–Crippen MR) is 102 cm³/mol. The van der Waals surface area contributed by atoms with E-state index in [2.05, 4.69) is 47.1 Å². The van der Waals surface area contributed by atoms with Crippen LogP contribution < -0.4 is 0 Å². The summed E-state index contributed by atoms with van der Waals surface area (Å²) in [7, 11) is 0. The summed E-state index contributed by atoms with van der Waals surface area (Å²) in [6.45, 7) is 3.08. The van der Waals surface area contributed by atoms with Gasteiger partial charge in [-0.3, -0.25) is 4.79 Å². The summed E-state index contributed by atoms with van der Waals surface area (Å²) in [5.41, 5.74) is 3.15. The molecule has 3 heteroatoms. The number of amides is 1. The molecule has 0 bridgehead atoms. The highest BCUT2D eigenvalue weighted by Crippen LogP contribution is 2.34. The number of likely N-dealkylation sites (tertiary alicyclic amines) is 1. The van der Waals surface area contributed by atoms with E-state index in [1.807, 2.05) is 30.5 Å². The fraction of sp³-hybridized carbons (Fsp3) is 0.318. The molecule has 1 N–H and O–H groups in total. The summed E-state index contributed by atoms with van der Waals surface area (Å²) in [6, 6.07) is 18.9. The van der Waals surface area contributed by atoms with Gasteiger partial charge in [-0.2, -0.15) is 0 Å². The van der Waals surface area contributed by atoms with Crippen LogP contribution in [0.15, 0.2) is 60.8 Å². The molecule has 25 heavy (non-hydrogen) atoms. The van der Waals surface area contributed by atoms with Crippen molar-refractivity contribution in [3.8, 4) is 0 Å². The maximum Gasteiger partial charge on any atom is 0.254 e. The van der Waals surface area contributed by atoms with Crippen molar-refractivity contribution in [1.29, 1.82) is 0 Å². The smallest absolute Gasteiger partial charge is 0.254 e. The predicted octanol–water partition coefficient (Wildman–Crippen LogP) is 4.97. The summed E-state index contributed by atoms with van der Waals surface area (Å²) in [4.78, 5) is 18.5. The van der Waals surface area contributed by atoms with Crippen molar-refractivity contribution in [1.82, 2.24) is 9.88 Å². The first-order chi connectivity index (χ1) is 12.3. The molecule has 1 saturated heterocycles. The molecular formula is C22H24N2O. The van der Waals surface area contributed by atoms with Gasteiger partial charge in [-0.15, -0.1) is 0 Å². The normalized spacial score (nSPS) is 18.6. The van der Waals surface area contributed by atoms with Crippen molar-refractivity contribution >= 4 is 16.8 Å². The van der Waals surface area contributed by atoms with Gasteiger partial charge < -0.3 is 9.88 Å².